The number of carbonyl (C=O) groups excluding carboxylic acids is 1. The van der Waals surface area contributed by atoms with E-state index in [1.807, 2.05) is 4.90 Å². The van der Waals surface area contributed by atoms with Gasteiger partial charge in [-0.25, -0.2) is 13.4 Å². The Balaban J connectivity index is 1.21. The van der Waals surface area contributed by atoms with E-state index in [2.05, 4.69) is 29.4 Å². The average Bonchev–Trinajstić information content (AvgIpc) is 3.36. The third-order valence-corrected chi connectivity index (χ3v) is 10.6. The number of sulfonamides is 1. The van der Waals surface area contributed by atoms with Gasteiger partial charge in [-0.05, 0) is 61.6 Å². The number of carbonyl (C=O) groups is 1. The Morgan fingerprint density at radius 2 is 1.83 bits per heavy atom. The Hall–Kier alpha value is -2.34. The molecule has 2 aliphatic rings. The van der Waals surface area contributed by atoms with Crippen LogP contribution in [0.15, 0.2) is 52.3 Å². The summed E-state index contributed by atoms with van der Waals surface area (Å²) in [6.45, 7) is 3.34. The van der Waals surface area contributed by atoms with Crippen molar-refractivity contribution in [2.75, 3.05) is 57.5 Å². The van der Waals surface area contributed by atoms with Crippen molar-refractivity contribution < 1.29 is 17.9 Å². The molecule has 1 unspecified atom stereocenters. The van der Waals surface area contributed by atoms with Crippen LogP contribution in [-0.2, 0) is 14.8 Å². The molecule has 2 fully saturated rings. The van der Waals surface area contributed by atoms with Gasteiger partial charge < -0.3 is 14.5 Å². The maximum atomic E-state index is 13.4. The molecule has 0 N–H and O–H groups in total. The van der Waals surface area contributed by atoms with Crippen LogP contribution in [0.1, 0.15) is 12.8 Å². The van der Waals surface area contributed by atoms with E-state index >= 15 is 0 Å². The lowest BCUT2D eigenvalue weighted by Gasteiger charge is -2.38. The Morgan fingerprint density at radius 1 is 1.08 bits per heavy atom. The topological polar surface area (TPSA) is 83.0 Å². The number of amides is 1. The van der Waals surface area contributed by atoms with Gasteiger partial charge in [-0.3, -0.25) is 4.79 Å². The summed E-state index contributed by atoms with van der Waals surface area (Å²) in [7, 11) is -2.11. The molecule has 1 aromatic heterocycles. The molecule has 192 valence electrons. The van der Waals surface area contributed by atoms with Crippen LogP contribution in [-0.4, -0.2) is 81.1 Å². The quantitative estimate of drug-likeness (QED) is 0.435. The van der Waals surface area contributed by atoms with E-state index in [9.17, 15) is 13.2 Å². The van der Waals surface area contributed by atoms with Crippen molar-refractivity contribution in [3.05, 3.63) is 42.5 Å². The first-order chi connectivity index (χ1) is 17.4. The highest BCUT2D eigenvalue weighted by Crippen LogP contribution is 2.32. The highest BCUT2D eigenvalue weighted by molar-refractivity contribution is 7.98. The number of benzene rings is 2. The zero-order chi connectivity index (χ0) is 25.3. The van der Waals surface area contributed by atoms with Crippen LogP contribution in [0.4, 0.5) is 5.13 Å². The van der Waals surface area contributed by atoms with Crippen LogP contribution in [0.25, 0.3) is 10.2 Å². The molecule has 8 nitrogen and oxygen atoms in total. The summed E-state index contributed by atoms with van der Waals surface area (Å²) in [4.78, 5) is 23.7. The van der Waals surface area contributed by atoms with Gasteiger partial charge in [0.1, 0.15) is 5.75 Å². The van der Waals surface area contributed by atoms with Crippen LogP contribution >= 0.6 is 23.1 Å². The maximum Gasteiger partial charge on any atom is 0.243 e. The van der Waals surface area contributed by atoms with E-state index in [1.54, 1.807) is 54.5 Å². The van der Waals surface area contributed by atoms with Crippen LogP contribution in [0.5, 0.6) is 5.75 Å². The third kappa shape index (κ3) is 5.06. The molecule has 2 aliphatic heterocycles. The van der Waals surface area contributed by atoms with Gasteiger partial charge in [-0.1, -0.05) is 11.3 Å². The first-order valence-corrected chi connectivity index (χ1v) is 15.5. The number of thioether (sulfide) groups is 1. The molecule has 1 amide bonds. The van der Waals surface area contributed by atoms with Gasteiger partial charge in [0.05, 0.1) is 28.1 Å². The van der Waals surface area contributed by atoms with Crippen molar-refractivity contribution >= 4 is 54.4 Å². The van der Waals surface area contributed by atoms with Gasteiger partial charge in [0, 0.05) is 44.2 Å². The number of piperidine rings is 1. The molecule has 2 saturated heterocycles. The van der Waals surface area contributed by atoms with Crippen molar-refractivity contribution in [2.24, 2.45) is 5.92 Å². The standard InChI is InChI=1S/C25H30N4O4S3/c1-33-19-5-8-21(9-6-19)36(31,32)29-11-3-4-18(17-29)24(30)27-12-14-28(15-13-27)25-26-22-10-7-20(34-2)16-23(22)35-25/h5-10,16,18H,3-4,11-15,17H2,1-2H3. The molecular formula is C25H30N4O4S3. The average molecular weight is 547 g/mol. The Kier molecular flexibility index (Phi) is 7.43. The van der Waals surface area contributed by atoms with Crippen molar-refractivity contribution in [2.45, 2.75) is 22.6 Å². The molecule has 0 bridgehead atoms. The minimum atomic E-state index is -3.66. The number of hydrogen-bond acceptors (Lipinski definition) is 8. The smallest absolute Gasteiger partial charge is 0.243 e. The predicted octanol–water partition coefficient (Wildman–Crippen LogP) is 3.78. The van der Waals surface area contributed by atoms with Crippen LogP contribution in [0.2, 0.25) is 0 Å². The lowest BCUT2D eigenvalue weighted by Crippen LogP contribution is -2.53. The molecule has 0 aliphatic carbocycles. The number of aromatic nitrogens is 1. The van der Waals surface area contributed by atoms with Crippen molar-refractivity contribution in [3.63, 3.8) is 0 Å². The molecule has 2 aromatic carbocycles. The van der Waals surface area contributed by atoms with Crippen LogP contribution in [0, 0.1) is 5.92 Å². The van der Waals surface area contributed by atoms with Gasteiger partial charge in [0.25, 0.3) is 0 Å². The maximum absolute atomic E-state index is 13.4. The number of piperazine rings is 1. The van der Waals surface area contributed by atoms with E-state index in [0.29, 0.717) is 38.2 Å². The fourth-order valence-corrected chi connectivity index (χ4v) is 7.89. The SMILES string of the molecule is COc1ccc(S(=O)(=O)N2CCCC(C(=O)N3CCN(c4nc5ccc(SC)cc5s4)CC3)C2)cc1. The number of hydrogen-bond donors (Lipinski definition) is 0. The van der Waals surface area contributed by atoms with Crippen molar-refractivity contribution in [3.8, 4) is 5.75 Å². The van der Waals surface area contributed by atoms with Crippen molar-refractivity contribution in [1.29, 1.82) is 0 Å². The molecule has 3 heterocycles. The van der Waals surface area contributed by atoms with Gasteiger partial charge >= 0.3 is 0 Å². The highest BCUT2D eigenvalue weighted by Gasteiger charge is 2.36. The number of fused-ring (bicyclic) bond motifs is 1. The van der Waals surface area contributed by atoms with Gasteiger partial charge in [0.2, 0.25) is 15.9 Å². The number of ether oxygens (including phenoxy) is 1. The number of methoxy groups -OCH3 is 1. The molecule has 1 atom stereocenters. The lowest BCUT2D eigenvalue weighted by atomic mass is 9.98. The third-order valence-electron chi connectivity index (χ3n) is 6.88. The second-order valence-corrected chi connectivity index (χ2v) is 12.8. The lowest BCUT2D eigenvalue weighted by molar-refractivity contribution is -0.137. The number of rotatable bonds is 6. The van der Waals surface area contributed by atoms with E-state index in [-0.39, 0.29) is 23.3 Å². The summed E-state index contributed by atoms with van der Waals surface area (Å²) in [5, 5.41) is 0.991. The minimum absolute atomic E-state index is 0.0539. The summed E-state index contributed by atoms with van der Waals surface area (Å²) in [5.41, 5.74) is 1.01. The summed E-state index contributed by atoms with van der Waals surface area (Å²) < 4.78 is 34.2. The summed E-state index contributed by atoms with van der Waals surface area (Å²) in [5.74, 6) is 0.347. The molecule has 36 heavy (non-hydrogen) atoms. The fourth-order valence-electron chi connectivity index (χ4n) is 4.79. The minimum Gasteiger partial charge on any atom is -0.497 e. The van der Waals surface area contributed by atoms with Gasteiger partial charge in [0.15, 0.2) is 5.13 Å². The van der Waals surface area contributed by atoms with Gasteiger partial charge in [-0.2, -0.15) is 4.31 Å². The summed E-state index contributed by atoms with van der Waals surface area (Å²) in [6, 6.07) is 12.7. The Morgan fingerprint density at radius 3 is 2.53 bits per heavy atom. The zero-order valence-electron chi connectivity index (χ0n) is 20.4. The van der Waals surface area contributed by atoms with Crippen LogP contribution < -0.4 is 9.64 Å². The first kappa shape index (κ1) is 25.3. The fraction of sp³-hybridized carbons (Fsp3) is 0.440. The first-order valence-electron chi connectivity index (χ1n) is 12.0. The molecule has 11 heteroatoms. The summed E-state index contributed by atoms with van der Waals surface area (Å²) >= 11 is 3.41. The second-order valence-electron chi connectivity index (χ2n) is 9.02. The Labute approximate surface area is 220 Å². The monoisotopic (exact) mass is 546 g/mol. The molecule has 0 radical (unpaired) electrons. The second kappa shape index (κ2) is 10.6. The predicted molar refractivity (Wildman–Crippen MR) is 145 cm³/mol. The Bertz CT molecular complexity index is 1340. The van der Waals surface area contributed by atoms with E-state index in [0.717, 1.165) is 23.7 Å². The van der Waals surface area contributed by atoms with Crippen LogP contribution in [0.3, 0.4) is 0 Å². The molecule has 5 rings (SSSR count). The van der Waals surface area contributed by atoms with E-state index in [4.69, 9.17) is 9.72 Å². The van der Waals surface area contributed by atoms with Gasteiger partial charge in [-0.15, -0.1) is 11.8 Å². The molecular weight excluding hydrogens is 517 g/mol. The van der Waals surface area contributed by atoms with E-state index < -0.39 is 10.0 Å². The van der Waals surface area contributed by atoms with Crippen molar-refractivity contribution in [1.82, 2.24) is 14.2 Å². The number of thiazole rings is 1. The molecule has 0 spiro atoms. The molecule has 3 aromatic rings. The van der Waals surface area contributed by atoms with E-state index in [1.165, 1.54) is 13.9 Å². The normalized spacial score (nSPS) is 19.6. The zero-order valence-corrected chi connectivity index (χ0v) is 22.9. The number of nitrogens with zero attached hydrogens (tertiary/aromatic N) is 4. The molecule has 0 saturated carbocycles. The number of anilines is 1. The largest absolute Gasteiger partial charge is 0.497 e. The summed E-state index contributed by atoms with van der Waals surface area (Å²) in [6.07, 6.45) is 3.46. The highest BCUT2D eigenvalue weighted by atomic mass is 32.2.